The molecule has 1 aliphatic heterocycles. The topological polar surface area (TPSA) is 63.2 Å². The molecule has 2 heterocycles. The number of anilines is 1. The zero-order chi connectivity index (χ0) is 18.8. The Hall–Kier alpha value is -0.690. The smallest absolute Gasteiger partial charge is 0.228 e. The number of halogens is 2. The summed E-state index contributed by atoms with van der Waals surface area (Å²) >= 11 is 11.8. The Morgan fingerprint density at radius 2 is 1.64 bits per heavy atom. The van der Waals surface area contributed by atoms with Gasteiger partial charge in [-0.05, 0) is 76.1 Å². The second kappa shape index (κ2) is 7.91. The third-order valence-corrected chi connectivity index (χ3v) is 5.21. The van der Waals surface area contributed by atoms with Gasteiger partial charge in [0.1, 0.15) is 0 Å². The van der Waals surface area contributed by atoms with Gasteiger partial charge < -0.3 is 10.2 Å². The van der Waals surface area contributed by atoms with E-state index in [1.165, 1.54) is 0 Å². The van der Waals surface area contributed by atoms with E-state index in [0.29, 0.717) is 11.9 Å². The van der Waals surface area contributed by atoms with Gasteiger partial charge in [-0.25, -0.2) is 0 Å². The first kappa shape index (κ1) is 20.6. The molecule has 0 spiro atoms. The summed E-state index contributed by atoms with van der Waals surface area (Å²) in [5.74, 6) is 0.888. The van der Waals surface area contributed by atoms with Crippen molar-refractivity contribution in [2.45, 2.75) is 77.4 Å². The van der Waals surface area contributed by atoms with Crippen LogP contribution < -0.4 is 5.32 Å². The monoisotopic (exact) mass is 389 g/mol. The van der Waals surface area contributed by atoms with Crippen LogP contribution >= 0.6 is 23.2 Å². The molecule has 6 nitrogen and oxygen atoms in total. The molecule has 0 amide bonds. The van der Waals surface area contributed by atoms with Crippen molar-refractivity contribution in [1.29, 1.82) is 0 Å². The molecule has 1 aromatic heterocycles. The minimum absolute atomic E-state index is 0.0662. The molecule has 1 aromatic rings. The molecular formula is C17H29Cl2N5O. The van der Waals surface area contributed by atoms with Crippen LogP contribution in [0.4, 0.5) is 5.95 Å². The summed E-state index contributed by atoms with van der Waals surface area (Å²) in [7, 11) is 1.75. The van der Waals surface area contributed by atoms with Crippen LogP contribution in [0, 0.1) is 5.92 Å². The van der Waals surface area contributed by atoms with Crippen LogP contribution in [-0.4, -0.2) is 44.2 Å². The van der Waals surface area contributed by atoms with Gasteiger partial charge in [0.25, 0.3) is 0 Å². The van der Waals surface area contributed by atoms with Crippen LogP contribution in [0.2, 0.25) is 10.6 Å². The third-order valence-electron chi connectivity index (χ3n) is 4.87. The number of hydrogen-bond donors (Lipinski definition) is 1. The highest BCUT2D eigenvalue weighted by Crippen LogP contribution is 2.43. The van der Waals surface area contributed by atoms with Gasteiger partial charge in [0.2, 0.25) is 16.5 Å². The maximum Gasteiger partial charge on any atom is 0.228 e. The fraction of sp³-hybridized carbons (Fsp3) is 0.824. The van der Waals surface area contributed by atoms with Crippen LogP contribution in [0.5, 0.6) is 0 Å². The van der Waals surface area contributed by atoms with Gasteiger partial charge in [-0.3, -0.25) is 0 Å². The van der Waals surface area contributed by atoms with Crippen LogP contribution in [0.1, 0.15) is 60.3 Å². The molecule has 1 N–H and O–H groups in total. The summed E-state index contributed by atoms with van der Waals surface area (Å²) < 4.78 is 0. The van der Waals surface area contributed by atoms with Gasteiger partial charge in [-0.1, -0.05) is 13.3 Å². The average Bonchev–Trinajstić information content (AvgIpc) is 2.43. The van der Waals surface area contributed by atoms with E-state index in [0.717, 1.165) is 25.7 Å². The molecule has 0 bridgehead atoms. The van der Waals surface area contributed by atoms with E-state index in [1.807, 2.05) is 0 Å². The zero-order valence-electron chi connectivity index (χ0n) is 15.9. The van der Waals surface area contributed by atoms with Crippen molar-refractivity contribution in [2.75, 3.05) is 12.4 Å². The SMILES string of the molecule is CCCC(Nc1nc(Cl)nc(Cl)n1)C1CC(C)(C)N(OC)C(C)(C)C1. The Morgan fingerprint density at radius 1 is 1.12 bits per heavy atom. The van der Waals surface area contributed by atoms with Crippen LogP contribution in [0.15, 0.2) is 0 Å². The summed E-state index contributed by atoms with van der Waals surface area (Å²) in [5, 5.41) is 5.78. The first-order valence-electron chi connectivity index (χ1n) is 8.77. The molecule has 0 aromatic carbocycles. The lowest BCUT2D eigenvalue weighted by atomic mass is 9.71. The van der Waals surface area contributed by atoms with Crippen molar-refractivity contribution < 1.29 is 4.84 Å². The van der Waals surface area contributed by atoms with E-state index >= 15 is 0 Å². The highest BCUT2D eigenvalue weighted by Gasteiger charge is 2.47. The van der Waals surface area contributed by atoms with Gasteiger partial charge in [-0.2, -0.15) is 20.0 Å². The molecule has 0 radical (unpaired) electrons. The van der Waals surface area contributed by atoms with Crippen molar-refractivity contribution in [2.24, 2.45) is 5.92 Å². The molecule has 1 fully saturated rings. The summed E-state index contributed by atoms with van der Waals surface area (Å²) in [5.41, 5.74) is -0.132. The van der Waals surface area contributed by atoms with Crippen molar-refractivity contribution >= 4 is 29.2 Å². The minimum atomic E-state index is -0.0662. The van der Waals surface area contributed by atoms with Crippen molar-refractivity contribution in [1.82, 2.24) is 20.0 Å². The first-order chi connectivity index (χ1) is 11.6. The predicted octanol–water partition coefficient (Wildman–Crippen LogP) is 4.59. The van der Waals surface area contributed by atoms with E-state index in [-0.39, 0.29) is 27.7 Å². The van der Waals surface area contributed by atoms with Crippen LogP contribution in [0.3, 0.4) is 0 Å². The predicted molar refractivity (Wildman–Crippen MR) is 102 cm³/mol. The van der Waals surface area contributed by atoms with Gasteiger partial charge in [0, 0.05) is 17.1 Å². The van der Waals surface area contributed by atoms with Gasteiger partial charge in [-0.15, -0.1) is 0 Å². The average molecular weight is 390 g/mol. The highest BCUT2D eigenvalue weighted by molar-refractivity contribution is 6.31. The number of rotatable bonds is 6. The van der Waals surface area contributed by atoms with Crippen molar-refractivity contribution in [3.8, 4) is 0 Å². The second-order valence-corrected chi connectivity index (χ2v) is 8.68. The molecular weight excluding hydrogens is 361 g/mol. The third kappa shape index (κ3) is 4.94. The number of nitrogens with zero attached hydrogens (tertiary/aromatic N) is 4. The molecule has 25 heavy (non-hydrogen) atoms. The number of hydrogen-bond acceptors (Lipinski definition) is 6. The normalized spacial score (nSPS) is 21.9. The Morgan fingerprint density at radius 3 is 2.08 bits per heavy atom. The van der Waals surface area contributed by atoms with Crippen molar-refractivity contribution in [3.63, 3.8) is 0 Å². The summed E-state index contributed by atoms with van der Waals surface area (Å²) in [6.45, 7) is 11.1. The van der Waals surface area contributed by atoms with E-state index in [1.54, 1.807) is 7.11 Å². The second-order valence-electron chi connectivity index (χ2n) is 8.01. The Labute approximate surface area is 160 Å². The Bertz CT molecular complexity index is 558. The standard InChI is InChI=1S/C17H29Cl2N5O/c1-7-8-12(20-15-22-13(18)21-14(19)23-15)11-9-16(2,3)24(25-6)17(4,5)10-11/h11-12H,7-10H2,1-6H3,(H,20,21,22,23). The molecule has 1 unspecified atom stereocenters. The summed E-state index contributed by atoms with van der Waals surface area (Å²) in [4.78, 5) is 17.9. The fourth-order valence-electron chi connectivity index (χ4n) is 4.41. The maximum atomic E-state index is 5.92. The lowest BCUT2D eigenvalue weighted by Crippen LogP contribution is -2.61. The first-order valence-corrected chi connectivity index (χ1v) is 9.52. The lowest BCUT2D eigenvalue weighted by molar-refractivity contribution is -0.272. The lowest BCUT2D eigenvalue weighted by Gasteiger charge is -2.54. The number of nitrogens with one attached hydrogen (secondary N) is 1. The molecule has 1 saturated heterocycles. The van der Waals surface area contributed by atoms with Crippen molar-refractivity contribution in [3.05, 3.63) is 10.6 Å². The quantitative estimate of drug-likeness (QED) is 0.767. The Balaban J connectivity index is 2.24. The van der Waals surface area contributed by atoms with Gasteiger partial charge in [0.15, 0.2) is 0 Å². The molecule has 0 aliphatic carbocycles. The van der Waals surface area contributed by atoms with E-state index in [9.17, 15) is 0 Å². The highest BCUT2D eigenvalue weighted by atomic mass is 35.5. The zero-order valence-corrected chi connectivity index (χ0v) is 17.4. The Kier molecular flexibility index (Phi) is 6.52. The van der Waals surface area contributed by atoms with E-state index in [2.05, 4.69) is 60.0 Å². The summed E-state index contributed by atoms with van der Waals surface area (Å²) in [6.07, 6.45) is 4.10. The summed E-state index contributed by atoms with van der Waals surface area (Å²) in [6, 6.07) is 0.233. The minimum Gasteiger partial charge on any atom is -0.351 e. The molecule has 2 rings (SSSR count). The number of aromatic nitrogens is 3. The maximum absolute atomic E-state index is 5.92. The van der Waals surface area contributed by atoms with E-state index < -0.39 is 0 Å². The fourth-order valence-corrected chi connectivity index (χ4v) is 4.78. The number of piperidine rings is 1. The van der Waals surface area contributed by atoms with E-state index in [4.69, 9.17) is 28.0 Å². The van der Waals surface area contributed by atoms with Crippen LogP contribution in [0.25, 0.3) is 0 Å². The molecule has 1 atom stereocenters. The molecule has 8 heteroatoms. The molecule has 1 aliphatic rings. The van der Waals surface area contributed by atoms with Gasteiger partial charge >= 0.3 is 0 Å². The van der Waals surface area contributed by atoms with Gasteiger partial charge in [0.05, 0.1) is 7.11 Å². The number of hydroxylamine groups is 2. The largest absolute Gasteiger partial charge is 0.351 e. The molecule has 142 valence electrons. The van der Waals surface area contributed by atoms with Crippen LogP contribution in [-0.2, 0) is 4.84 Å². The molecule has 0 saturated carbocycles.